The van der Waals surface area contributed by atoms with E-state index in [9.17, 15) is 4.79 Å². The van der Waals surface area contributed by atoms with Gasteiger partial charge in [-0.05, 0) is 136 Å². The van der Waals surface area contributed by atoms with Gasteiger partial charge < -0.3 is 4.74 Å². The molecule has 292 valence electrons. The van der Waals surface area contributed by atoms with E-state index in [2.05, 4.69) is 78.8 Å². The molecule has 3 fully saturated rings. The maximum absolute atomic E-state index is 12.9. The summed E-state index contributed by atoms with van der Waals surface area (Å²) in [7, 11) is 0. The third-order valence-corrected chi connectivity index (χ3v) is 15.2. The number of rotatable bonds is 23. The van der Waals surface area contributed by atoms with Crippen molar-refractivity contribution in [3.8, 4) is 0 Å². The molecule has 0 N–H and O–H groups in total. The van der Waals surface area contributed by atoms with E-state index in [0.717, 1.165) is 55.3 Å². The molecule has 0 aromatic rings. The van der Waals surface area contributed by atoms with E-state index in [-0.39, 0.29) is 12.1 Å². The Balaban J connectivity index is 1.11. The molecule has 0 aromatic carbocycles. The SMILES string of the molecule is CCCCCCCC/C=C/CCCCCCCCCC(=O)OC1CCC2(C)C(=CCC3C2CCC2(C)C(C(C)/C=C/C(CC)C(C)C)CCC32)C1. The van der Waals surface area contributed by atoms with E-state index >= 15 is 0 Å². The number of hydrogen-bond donors (Lipinski definition) is 0. The number of allylic oxidation sites excluding steroid dienone is 5. The summed E-state index contributed by atoms with van der Waals surface area (Å²) in [5.41, 5.74) is 2.43. The van der Waals surface area contributed by atoms with Crippen LogP contribution in [0.4, 0.5) is 0 Å². The maximum atomic E-state index is 12.9. The molecule has 9 unspecified atom stereocenters. The molecule has 4 aliphatic rings. The summed E-state index contributed by atoms with van der Waals surface area (Å²) in [4.78, 5) is 12.9. The summed E-state index contributed by atoms with van der Waals surface area (Å²) in [6.45, 7) is 17.2. The zero-order valence-corrected chi connectivity index (χ0v) is 35.0. The van der Waals surface area contributed by atoms with Gasteiger partial charge in [0.15, 0.2) is 0 Å². The molecule has 0 amide bonds. The zero-order chi connectivity index (χ0) is 36.7. The molecular weight excluding hydrogens is 621 g/mol. The topological polar surface area (TPSA) is 26.3 Å². The predicted octanol–water partition coefficient (Wildman–Crippen LogP) is 15.2. The Morgan fingerprint density at radius 2 is 1.43 bits per heavy atom. The van der Waals surface area contributed by atoms with Crippen LogP contribution in [-0.2, 0) is 9.53 Å². The van der Waals surface area contributed by atoms with Crippen LogP contribution in [0, 0.1) is 52.3 Å². The highest BCUT2D eigenvalue weighted by molar-refractivity contribution is 5.69. The monoisotopic (exact) mass is 705 g/mol. The lowest BCUT2D eigenvalue weighted by Gasteiger charge is -2.58. The number of ether oxygens (including phenoxy) is 1. The minimum atomic E-state index is 0.0536. The number of fused-ring (bicyclic) bond motifs is 5. The molecule has 0 aliphatic heterocycles. The molecule has 0 aromatic heterocycles. The second-order valence-corrected chi connectivity index (χ2v) is 18.9. The average Bonchev–Trinajstić information content (AvgIpc) is 3.47. The fraction of sp³-hybridized carbons (Fsp3) is 0.857. The quantitative estimate of drug-likeness (QED) is 0.0601. The van der Waals surface area contributed by atoms with Gasteiger partial charge in [0.05, 0.1) is 0 Å². The summed E-state index contributed by atoms with van der Waals surface area (Å²) in [6, 6.07) is 0. The Morgan fingerprint density at radius 3 is 2.08 bits per heavy atom. The maximum Gasteiger partial charge on any atom is 0.306 e. The lowest BCUT2D eigenvalue weighted by molar-refractivity contribution is -0.151. The molecule has 4 aliphatic carbocycles. The van der Waals surface area contributed by atoms with E-state index in [0.29, 0.717) is 29.1 Å². The van der Waals surface area contributed by atoms with Gasteiger partial charge >= 0.3 is 5.97 Å². The Hall–Kier alpha value is -1.31. The van der Waals surface area contributed by atoms with Gasteiger partial charge in [-0.1, -0.05) is 149 Å². The van der Waals surface area contributed by atoms with E-state index in [1.54, 1.807) is 5.57 Å². The molecule has 3 saturated carbocycles. The van der Waals surface area contributed by atoms with E-state index in [1.807, 2.05) is 0 Å². The third-order valence-electron chi connectivity index (χ3n) is 15.2. The van der Waals surface area contributed by atoms with Crippen LogP contribution in [0.25, 0.3) is 0 Å². The molecule has 2 heteroatoms. The number of carbonyl (C=O) groups is 1. The molecule has 0 radical (unpaired) electrons. The average molecular weight is 705 g/mol. The van der Waals surface area contributed by atoms with Crippen molar-refractivity contribution in [2.75, 3.05) is 0 Å². The van der Waals surface area contributed by atoms with E-state index in [4.69, 9.17) is 4.74 Å². The molecular formula is C49H84O2. The van der Waals surface area contributed by atoms with Crippen molar-refractivity contribution in [2.45, 2.75) is 215 Å². The number of unbranched alkanes of at least 4 members (excludes halogenated alkanes) is 13. The van der Waals surface area contributed by atoms with Gasteiger partial charge in [0.1, 0.15) is 6.10 Å². The first kappa shape index (κ1) is 42.4. The molecule has 0 saturated heterocycles. The summed E-state index contributed by atoms with van der Waals surface area (Å²) in [6.07, 6.45) is 44.3. The molecule has 51 heavy (non-hydrogen) atoms. The molecule has 0 bridgehead atoms. The van der Waals surface area contributed by atoms with Crippen molar-refractivity contribution in [2.24, 2.45) is 52.3 Å². The Labute approximate surface area is 317 Å². The molecule has 2 nitrogen and oxygen atoms in total. The second kappa shape index (κ2) is 21.5. The summed E-state index contributed by atoms with van der Waals surface area (Å²) < 4.78 is 6.15. The largest absolute Gasteiger partial charge is 0.462 e. The highest BCUT2D eigenvalue weighted by Gasteiger charge is 2.59. The first-order valence-corrected chi connectivity index (χ1v) is 22.9. The fourth-order valence-corrected chi connectivity index (χ4v) is 11.9. The van der Waals surface area contributed by atoms with Gasteiger partial charge in [-0.25, -0.2) is 0 Å². The van der Waals surface area contributed by atoms with Crippen molar-refractivity contribution in [1.82, 2.24) is 0 Å². The minimum Gasteiger partial charge on any atom is -0.462 e. The lowest BCUT2D eigenvalue weighted by atomic mass is 9.47. The molecule has 0 heterocycles. The summed E-state index contributed by atoms with van der Waals surface area (Å²) >= 11 is 0. The van der Waals surface area contributed by atoms with Gasteiger partial charge in [-0.2, -0.15) is 0 Å². The van der Waals surface area contributed by atoms with Crippen molar-refractivity contribution >= 4 is 5.97 Å². The second-order valence-electron chi connectivity index (χ2n) is 18.9. The van der Waals surface area contributed by atoms with Crippen LogP contribution in [0.3, 0.4) is 0 Å². The zero-order valence-electron chi connectivity index (χ0n) is 35.0. The van der Waals surface area contributed by atoms with Gasteiger partial charge in [0.2, 0.25) is 0 Å². The van der Waals surface area contributed by atoms with Crippen molar-refractivity contribution < 1.29 is 9.53 Å². The van der Waals surface area contributed by atoms with Gasteiger partial charge in [-0.15, -0.1) is 0 Å². The summed E-state index contributed by atoms with van der Waals surface area (Å²) in [5, 5.41) is 0. The highest BCUT2D eigenvalue weighted by Crippen LogP contribution is 2.67. The van der Waals surface area contributed by atoms with Crippen molar-refractivity contribution in [3.63, 3.8) is 0 Å². The Kier molecular flexibility index (Phi) is 17.9. The smallest absolute Gasteiger partial charge is 0.306 e. The highest BCUT2D eigenvalue weighted by atomic mass is 16.5. The number of esters is 1. The van der Waals surface area contributed by atoms with Crippen molar-refractivity contribution in [3.05, 3.63) is 36.0 Å². The standard InChI is InChI=1S/C49H84O2/c1-8-10-11-12-13-14-15-16-17-18-19-20-21-22-23-24-25-26-47(50)51-42-33-35-48(6)41(37-42)29-30-43-45-32-31-44(49(45,7)36-34-46(43)48)39(5)27-28-40(9-2)38(3)4/h16-17,27-29,38-40,42-46H,8-15,18-26,30-37H2,1-7H3/b17-16+,28-27+. The molecule has 9 atom stereocenters. The molecule has 0 spiro atoms. The van der Waals surface area contributed by atoms with Gasteiger partial charge in [0, 0.05) is 12.8 Å². The van der Waals surface area contributed by atoms with Crippen LogP contribution < -0.4 is 0 Å². The minimum absolute atomic E-state index is 0.0536. The Bertz CT molecular complexity index is 1100. The van der Waals surface area contributed by atoms with Crippen LogP contribution in [-0.4, -0.2) is 12.1 Å². The van der Waals surface area contributed by atoms with E-state index < -0.39 is 0 Å². The van der Waals surface area contributed by atoms with Crippen LogP contribution >= 0.6 is 0 Å². The fourth-order valence-electron chi connectivity index (χ4n) is 11.9. The van der Waals surface area contributed by atoms with Crippen LogP contribution in [0.5, 0.6) is 0 Å². The first-order valence-electron chi connectivity index (χ1n) is 22.9. The summed E-state index contributed by atoms with van der Waals surface area (Å²) in [5.74, 6) is 5.54. The van der Waals surface area contributed by atoms with Crippen LogP contribution in [0.2, 0.25) is 0 Å². The number of carbonyl (C=O) groups excluding carboxylic acids is 1. The van der Waals surface area contributed by atoms with Gasteiger partial charge in [0.25, 0.3) is 0 Å². The van der Waals surface area contributed by atoms with Gasteiger partial charge in [-0.3, -0.25) is 4.79 Å². The Morgan fingerprint density at radius 1 is 0.784 bits per heavy atom. The first-order chi connectivity index (χ1) is 24.6. The normalized spacial score (nSPS) is 31.8. The van der Waals surface area contributed by atoms with Crippen molar-refractivity contribution in [1.29, 1.82) is 0 Å². The third kappa shape index (κ3) is 11.8. The lowest BCUT2D eigenvalue weighted by Crippen LogP contribution is -2.51. The molecule has 4 rings (SSSR count). The van der Waals surface area contributed by atoms with Crippen LogP contribution in [0.15, 0.2) is 36.0 Å². The van der Waals surface area contributed by atoms with E-state index in [1.165, 1.54) is 128 Å². The number of hydrogen-bond acceptors (Lipinski definition) is 2. The predicted molar refractivity (Wildman–Crippen MR) is 221 cm³/mol. The van der Waals surface area contributed by atoms with Crippen LogP contribution in [0.1, 0.15) is 209 Å².